The average Bonchev–Trinajstić information content (AvgIpc) is 3.25. The lowest BCUT2D eigenvalue weighted by atomic mass is 9.95. The van der Waals surface area contributed by atoms with Gasteiger partial charge >= 0.3 is 0 Å². The summed E-state index contributed by atoms with van der Waals surface area (Å²) in [5.74, 6) is 0.514. The number of fused-ring (bicyclic) bond motifs is 1. The average molecular weight is 347 g/mol. The fourth-order valence-corrected chi connectivity index (χ4v) is 4.52. The predicted molar refractivity (Wildman–Crippen MR) is 87.6 cm³/mol. The first-order valence-electron chi connectivity index (χ1n) is 7.65. The number of piperidine rings is 1. The molecule has 1 atom stereocenters. The minimum absolute atomic E-state index is 0.0303. The lowest BCUT2D eigenvalue weighted by Crippen LogP contribution is -2.39. The van der Waals surface area contributed by atoms with Crippen LogP contribution in [0.4, 0.5) is 5.82 Å². The second-order valence-electron chi connectivity index (χ2n) is 5.88. The van der Waals surface area contributed by atoms with E-state index in [1.54, 1.807) is 0 Å². The van der Waals surface area contributed by atoms with Crippen LogP contribution in [0, 0.1) is 0 Å². The molecule has 1 aliphatic heterocycles. The van der Waals surface area contributed by atoms with E-state index in [4.69, 9.17) is 5.73 Å². The van der Waals surface area contributed by atoms with Crippen molar-refractivity contribution in [2.45, 2.75) is 23.7 Å². The van der Waals surface area contributed by atoms with E-state index in [-0.39, 0.29) is 10.8 Å². The first-order chi connectivity index (χ1) is 11.6. The van der Waals surface area contributed by atoms with Crippen LogP contribution in [0.15, 0.2) is 29.4 Å². The number of H-pyrrole nitrogens is 2. The van der Waals surface area contributed by atoms with Crippen molar-refractivity contribution in [3.05, 3.63) is 30.2 Å². The molecule has 1 aliphatic rings. The third kappa shape index (κ3) is 2.43. The number of nitrogen functional groups attached to an aromatic ring is 1. The zero-order chi connectivity index (χ0) is 16.7. The van der Waals surface area contributed by atoms with Crippen molar-refractivity contribution >= 4 is 26.9 Å². The Bertz CT molecular complexity index is 964. The summed E-state index contributed by atoms with van der Waals surface area (Å²) in [6, 6.07) is 3.77. The molecule has 4 heterocycles. The van der Waals surface area contributed by atoms with Crippen molar-refractivity contribution in [2.75, 3.05) is 18.8 Å². The zero-order valence-corrected chi connectivity index (χ0v) is 13.6. The number of nitrogens with one attached hydrogen (secondary N) is 2. The first kappa shape index (κ1) is 15.1. The van der Waals surface area contributed by atoms with E-state index in [0.29, 0.717) is 24.6 Å². The number of hydrogen-bond acceptors (Lipinski definition) is 6. The predicted octanol–water partition coefficient (Wildman–Crippen LogP) is 0.831. The van der Waals surface area contributed by atoms with Gasteiger partial charge in [-0.05, 0) is 25.0 Å². The number of rotatable bonds is 3. The highest BCUT2D eigenvalue weighted by Gasteiger charge is 2.32. The Morgan fingerprint density at radius 1 is 1.33 bits per heavy atom. The highest BCUT2D eigenvalue weighted by Crippen LogP contribution is 2.30. The molecule has 0 aliphatic carbocycles. The standard InChI is InChI=1S/C14H17N7O2S/c15-13-11-3-4-12(18-14(11)20-19-13)9-2-1-5-21(8-9)24(22,23)10-6-16-17-7-10/h3-4,6-7,9H,1-2,5,8H2,(H,16,17)(H3,15,18,19,20). The van der Waals surface area contributed by atoms with Gasteiger partial charge in [0.15, 0.2) is 5.65 Å². The maximum atomic E-state index is 12.7. The van der Waals surface area contributed by atoms with Gasteiger partial charge in [0.05, 0.1) is 11.6 Å². The summed E-state index contributed by atoms with van der Waals surface area (Å²) < 4.78 is 26.8. The molecule has 0 aromatic carbocycles. The molecular weight excluding hydrogens is 330 g/mol. The molecule has 4 N–H and O–H groups in total. The topological polar surface area (TPSA) is 134 Å². The molecule has 3 aromatic heterocycles. The summed E-state index contributed by atoms with van der Waals surface area (Å²) in [6.07, 6.45) is 4.39. The molecule has 4 rings (SSSR count). The molecule has 126 valence electrons. The first-order valence-corrected chi connectivity index (χ1v) is 9.09. The summed E-state index contributed by atoms with van der Waals surface area (Å²) in [4.78, 5) is 4.72. The van der Waals surface area contributed by atoms with Gasteiger partial charge < -0.3 is 5.73 Å². The molecule has 3 aromatic rings. The number of nitrogens with two attached hydrogens (primary N) is 1. The summed E-state index contributed by atoms with van der Waals surface area (Å²) in [6.45, 7) is 0.896. The maximum absolute atomic E-state index is 12.7. The molecule has 0 spiro atoms. The van der Waals surface area contributed by atoms with E-state index in [0.717, 1.165) is 23.9 Å². The Hall–Kier alpha value is -2.46. The van der Waals surface area contributed by atoms with Crippen molar-refractivity contribution in [3.63, 3.8) is 0 Å². The highest BCUT2D eigenvalue weighted by molar-refractivity contribution is 7.89. The van der Waals surface area contributed by atoms with Gasteiger partial charge in [-0.15, -0.1) is 0 Å². The van der Waals surface area contributed by atoms with Crippen LogP contribution in [-0.2, 0) is 10.0 Å². The smallest absolute Gasteiger partial charge is 0.246 e. The summed E-state index contributed by atoms with van der Waals surface area (Å²) in [5, 5.41) is 13.8. The summed E-state index contributed by atoms with van der Waals surface area (Å²) in [5.41, 5.74) is 7.17. The van der Waals surface area contributed by atoms with Crippen molar-refractivity contribution in [3.8, 4) is 0 Å². The van der Waals surface area contributed by atoms with Crippen molar-refractivity contribution in [1.29, 1.82) is 0 Å². The van der Waals surface area contributed by atoms with E-state index in [2.05, 4.69) is 25.4 Å². The van der Waals surface area contributed by atoms with E-state index >= 15 is 0 Å². The number of anilines is 1. The maximum Gasteiger partial charge on any atom is 0.246 e. The molecule has 0 bridgehead atoms. The van der Waals surface area contributed by atoms with Crippen LogP contribution in [0.5, 0.6) is 0 Å². The Kier molecular flexibility index (Phi) is 3.50. The number of aromatic amines is 2. The molecule has 1 unspecified atom stereocenters. The van der Waals surface area contributed by atoms with Crippen LogP contribution in [0.1, 0.15) is 24.5 Å². The summed E-state index contributed by atoms with van der Waals surface area (Å²) >= 11 is 0. The second kappa shape index (κ2) is 5.56. The number of aromatic nitrogens is 5. The van der Waals surface area contributed by atoms with E-state index in [1.807, 2.05) is 12.1 Å². The van der Waals surface area contributed by atoms with E-state index < -0.39 is 10.0 Å². The zero-order valence-electron chi connectivity index (χ0n) is 12.8. The Morgan fingerprint density at radius 3 is 3.00 bits per heavy atom. The fourth-order valence-electron chi connectivity index (χ4n) is 3.09. The van der Waals surface area contributed by atoms with Crippen LogP contribution in [0.25, 0.3) is 11.0 Å². The normalized spacial score (nSPS) is 19.8. The van der Waals surface area contributed by atoms with E-state index in [9.17, 15) is 8.42 Å². The molecule has 0 amide bonds. The number of hydrogen-bond donors (Lipinski definition) is 3. The molecule has 24 heavy (non-hydrogen) atoms. The highest BCUT2D eigenvalue weighted by atomic mass is 32.2. The van der Waals surface area contributed by atoms with Crippen LogP contribution in [0.3, 0.4) is 0 Å². The monoisotopic (exact) mass is 347 g/mol. The van der Waals surface area contributed by atoms with Crippen molar-refractivity contribution < 1.29 is 8.42 Å². The van der Waals surface area contributed by atoms with Gasteiger partial charge in [0, 0.05) is 30.9 Å². The largest absolute Gasteiger partial charge is 0.384 e. The lowest BCUT2D eigenvalue weighted by Gasteiger charge is -2.31. The fraction of sp³-hybridized carbons (Fsp3) is 0.357. The van der Waals surface area contributed by atoms with Gasteiger partial charge in [0.25, 0.3) is 0 Å². The Morgan fingerprint density at radius 2 is 2.21 bits per heavy atom. The third-order valence-corrected chi connectivity index (χ3v) is 6.21. The van der Waals surface area contributed by atoms with Gasteiger partial charge in [-0.1, -0.05) is 0 Å². The Labute approximate surface area is 138 Å². The van der Waals surface area contributed by atoms with Crippen molar-refractivity contribution in [2.24, 2.45) is 0 Å². The minimum Gasteiger partial charge on any atom is -0.384 e. The molecule has 0 saturated carbocycles. The van der Waals surface area contributed by atoms with Crippen molar-refractivity contribution in [1.82, 2.24) is 29.7 Å². The van der Waals surface area contributed by atoms with Crippen LogP contribution in [0.2, 0.25) is 0 Å². The van der Waals surface area contributed by atoms with Gasteiger partial charge in [0.2, 0.25) is 10.0 Å². The molecule has 0 radical (unpaired) electrons. The Balaban J connectivity index is 1.62. The van der Waals surface area contributed by atoms with Crippen LogP contribution in [-0.4, -0.2) is 51.2 Å². The number of nitrogens with zero attached hydrogens (tertiary/aromatic N) is 4. The van der Waals surface area contributed by atoms with Crippen LogP contribution < -0.4 is 5.73 Å². The number of pyridine rings is 1. The molecule has 10 heteroatoms. The van der Waals surface area contributed by atoms with Gasteiger partial charge in [-0.25, -0.2) is 13.4 Å². The molecule has 9 nitrogen and oxygen atoms in total. The van der Waals surface area contributed by atoms with Gasteiger partial charge in [-0.2, -0.15) is 14.5 Å². The lowest BCUT2D eigenvalue weighted by molar-refractivity contribution is 0.313. The van der Waals surface area contributed by atoms with Gasteiger partial charge in [0.1, 0.15) is 10.7 Å². The van der Waals surface area contributed by atoms with Gasteiger partial charge in [-0.3, -0.25) is 10.2 Å². The second-order valence-corrected chi connectivity index (χ2v) is 7.82. The van der Waals surface area contributed by atoms with E-state index in [1.165, 1.54) is 16.7 Å². The minimum atomic E-state index is -3.53. The summed E-state index contributed by atoms with van der Waals surface area (Å²) in [7, 11) is -3.53. The molecular formula is C14H17N7O2S. The SMILES string of the molecule is Nc1[nH]nc2nc(C3CCCN(S(=O)(=O)c4cn[nH]c4)C3)ccc12. The van der Waals surface area contributed by atoms with Crippen LogP contribution >= 0.6 is 0 Å². The molecule has 1 saturated heterocycles. The third-order valence-electron chi connectivity index (χ3n) is 4.38. The molecule has 1 fully saturated rings. The number of sulfonamides is 1. The quantitative estimate of drug-likeness (QED) is 0.642.